The number of carbonyl (C=O) groups excluding carboxylic acids is 3. The monoisotopic (exact) mass is 428 g/mol. The van der Waals surface area contributed by atoms with Gasteiger partial charge < -0.3 is 31.5 Å². The first-order valence-electron chi connectivity index (χ1n) is 10.4. The highest BCUT2D eigenvalue weighted by molar-refractivity contribution is 5.94. The Labute approximate surface area is 177 Å². The van der Waals surface area contributed by atoms with Crippen LogP contribution < -0.4 is 16.4 Å². The fourth-order valence-electron chi connectivity index (χ4n) is 3.39. The third-order valence-corrected chi connectivity index (χ3v) is 5.23. The van der Waals surface area contributed by atoms with Crippen molar-refractivity contribution in [3.63, 3.8) is 0 Å². The van der Waals surface area contributed by atoms with E-state index >= 15 is 0 Å². The zero-order chi connectivity index (χ0) is 23.2. The predicted octanol–water partition coefficient (Wildman–Crippen LogP) is -0.558. The molecule has 0 radical (unpaired) electrons. The van der Waals surface area contributed by atoms with Gasteiger partial charge in [0.15, 0.2) is 6.04 Å². The van der Waals surface area contributed by atoms with Crippen LogP contribution in [0.4, 0.5) is 0 Å². The number of nitrogens with zero attached hydrogens (tertiary/aromatic N) is 1. The summed E-state index contributed by atoms with van der Waals surface area (Å²) in [6.07, 6.45) is 0.0840. The summed E-state index contributed by atoms with van der Waals surface area (Å²) in [7, 11) is 0. The van der Waals surface area contributed by atoms with Crippen LogP contribution in [0.15, 0.2) is 0 Å². The van der Waals surface area contributed by atoms with Crippen molar-refractivity contribution in [3.8, 4) is 0 Å². The van der Waals surface area contributed by atoms with E-state index in [2.05, 4.69) is 10.6 Å². The largest absolute Gasteiger partial charge is 0.480 e. The highest BCUT2D eigenvalue weighted by atomic mass is 16.4. The molecule has 10 nitrogen and oxygen atoms in total. The average Bonchev–Trinajstić information content (AvgIpc) is 3.12. The Kier molecular flexibility index (Phi) is 9.70. The zero-order valence-electron chi connectivity index (χ0n) is 18.4. The van der Waals surface area contributed by atoms with Gasteiger partial charge in [-0.1, -0.05) is 27.7 Å². The lowest BCUT2D eigenvalue weighted by Crippen LogP contribution is -2.58. The van der Waals surface area contributed by atoms with Crippen molar-refractivity contribution in [2.75, 3.05) is 6.54 Å². The van der Waals surface area contributed by atoms with Gasteiger partial charge in [0.25, 0.3) is 0 Å². The number of nitrogens with one attached hydrogen (secondary N) is 2. The van der Waals surface area contributed by atoms with Crippen LogP contribution in [-0.4, -0.2) is 75.6 Å². The summed E-state index contributed by atoms with van der Waals surface area (Å²) in [5.74, 6) is -2.88. The van der Waals surface area contributed by atoms with Crippen molar-refractivity contribution in [1.82, 2.24) is 15.5 Å². The van der Waals surface area contributed by atoms with Gasteiger partial charge in [0.1, 0.15) is 12.1 Å². The molecule has 5 atom stereocenters. The first-order valence-corrected chi connectivity index (χ1v) is 10.4. The third-order valence-electron chi connectivity index (χ3n) is 5.23. The highest BCUT2D eigenvalue weighted by Gasteiger charge is 2.38. The van der Waals surface area contributed by atoms with Crippen molar-refractivity contribution in [2.45, 2.75) is 84.2 Å². The fraction of sp³-hybridized carbons (Fsp3) is 0.800. The van der Waals surface area contributed by atoms with E-state index < -0.39 is 48.1 Å². The Bertz CT molecular complexity index is 637. The number of hydrogen-bond donors (Lipinski definition) is 5. The molecule has 6 N–H and O–H groups in total. The molecule has 1 heterocycles. The number of carbonyl (C=O) groups is 4. The molecule has 0 aromatic heterocycles. The second-order valence-electron chi connectivity index (χ2n) is 8.72. The van der Waals surface area contributed by atoms with Crippen molar-refractivity contribution in [2.24, 2.45) is 17.6 Å². The molecule has 0 aliphatic carbocycles. The lowest BCUT2D eigenvalue weighted by molar-refractivity contribution is -0.145. The summed E-state index contributed by atoms with van der Waals surface area (Å²) >= 11 is 0. The normalized spacial score (nSPS) is 20.6. The van der Waals surface area contributed by atoms with Gasteiger partial charge in [-0.25, -0.2) is 4.79 Å². The molecule has 10 heteroatoms. The Hall–Kier alpha value is -2.20. The molecule has 3 amide bonds. The molecule has 0 bridgehead atoms. The Balaban J connectivity index is 2.93. The number of likely N-dealkylation sites (tertiary alicyclic amines) is 1. The van der Waals surface area contributed by atoms with Crippen LogP contribution >= 0.6 is 0 Å². The minimum Gasteiger partial charge on any atom is -0.480 e. The number of aliphatic hydroxyl groups is 1. The summed E-state index contributed by atoms with van der Waals surface area (Å²) in [6.45, 7) is 9.07. The summed E-state index contributed by atoms with van der Waals surface area (Å²) in [4.78, 5) is 50.9. The van der Waals surface area contributed by atoms with Crippen LogP contribution in [0.3, 0.4) is 0 Å². The lowest BCUT2D eigenvalue weighted by atomic mass is 10.0. The summed E-state index contributed by atoms with van der Waals surface area (Å²) in [5, 5.41) is 23.7. The fourth-order valence-corrected chi connectivity index (χ4v) is 3.39. The molecule has 1 aliphatic rings. The maximum atomic E-state index is 12.9. The topological polar surface area (TPSA) is 162 Å². The van der Waals surface area contributed by atoms with Crippen molar-refractivity contribution < 1.29 is 29.4 Å². The molecule has 1 saturated heterocycles. The SMILES string of the molecule is CC(C)CC(NC(=O)C1CCCN1C(=O)C(N)C(C)C)C(=O)NC(C(=O)O)C(C)O. The smallest absolute Gasteiger partial charge is 0.328 e. The molecule has 30 heavy (non-hydrogen) atoms. The van der Waals surface area contributed by atoms with E-state index in [0.29, 0.717) is 19.4 Å². The van der Waals surface area contributed by atoms with E-state index in [1.807, 2.05) is 27.7 Å². The molecule has 0 spiro atoms. The van der Waals surface area contributed by atoms with Crippen LogP contribution in [0.25, 0.3) is 0 Å². The van der Waals surface area contributed by atoms with E-state index in [9.17, 15) is 29.4 Å². The number of aliphatic carboxylic acids is 1. The number of rotatable bonds is 10. The van der Waals surface area contributed by atoms with Crippen molar-refractivity contribution in [1.29, 1.82) is 0 Å². The number of carboxylic acid groups (broad SMARTS) is 1. The van der Waals surface area contributed by atoms with Gasteiger partial charge in [-0.3, -0.25) is 14.4 Å². The van der Waals surface area contributed by atoms with Crippen LogP contribution in [-0.2, 0) is 19.2 Å². The van der Waals surface area contributed by atoms with Crippen LogP contribution in [0, 0.1) is 11.8 Å². The highest BCUT2D eigenvalue weighted by Crippen LogP contribution is 2.20. The lowest BCUT2D eigenvalue weighted by Gasteiger charge is -2.30. The molecule has 1 rings (SSSR count). The molecule has 0 aromatic carbocycles. The number of hydrogen-bond acceptors (Lipinski definition) is 6. The van der Waals surface area contributed by atoms with Crippen LogP contribution in [0.2, 0.25) is 0 Å². The van der Waals surface area contributed by atoms with Gasteiger partial charge in [0.2, 0.25) is 17.7 Å². The number of amides is 3. The number of carboxylic acids is 1. The van der Waals surface area contributed by atoms with E-state index in [-0.39, 0.29) is 24.2 Å². The van der Waals surface area contributed by atoms with Gasteiger partial charge in [-0.15, -0.1) is 0 Å². The molecule has 172 valence electrons. The molecular weight excluding hydrogens is 392 g/mol. The molecule has 5 unspecified atom stereocenters. The van der Waals surface area contributed by atoms with Gasteiger partial charge in [-0.05, 0) is 38.0 Å². The summed E-state index contributed by atoms with van der Waals surface area (Å²) in [6, 6.07) is -3.92. The summed E-state index contributed by atoms with van der Waals surface area (Å²) in [5.41, 5.74) is 5.96. The molecule has 0 saturated carbocycles. The molecular formula is C20H36N4O6. The minimum atomic E-state index is -1.49. The van der Waals surface area contributed by atoms with E-state index in [1.165, 1.54) is 11.8 Å². The van der Waals surface area contributed by atoms with Crippen LogP contribution in [0.5, 0.6) is 0 Å². The standard InChI is InChI=1S/C20H36N4O6/c1-10(2)9-13(17(26)23-16(12(5)25)20(29)30)22-18(27)14-7-6-8-24(14)19(28)15(21)11(3)4/h10-16,25H,6-9,21H2,1-5H3,(H,22,27)(H,23,26)(H,29,30). The minimum absolute atomic E-state index is 0.0338. The Morgan fingerprint density at radius 1 is 1.10 bits per heavy atom. The van der Waals surface area contributed by atoms with E-state index in [0.717, 1.165) is 0 Å². The number of nitrogens with two attached hydrogens (primary N) is 1. The van der Waals surface area contributed by atoms with Crippen molar-refractivity contribution in [3.05, 3.63) is 0 Å². The first kappa shape index (κ1) is 25.8. The summed E-state index contributed by atoms with van der Waals surface area (Å²) < 4.78 is 0. The third kappa shape index (κ3) is 6.94. The number of aliphatic hydroxyl groups excluding tert-OH is 1. The quantitative estimate of drug-likeness (QED) is 0.311. The second kappa shape index (κ2) is 11.3. The zero-order valence-corrected chi connectivity index (χ0v) is 18.4. The van der Waals surface area contributed by atoms with E-state index in [1.54, 1.807) is 0 Å². The van der Waals surface area contributed by atoms with Gasteiger partial charge >= 0.3 is 5.97 Å². The van der Waals surface area contributed by atoms with Gasteiger partial charge in [0, 0.05) is 6.54 Å². The second-order valence-corrected chi connectivity index (χ2v) is 8.72. The predicted molar refractivity (Wildman–Crippen MR) is 110 cm³/mol. The Morgan fingerprint density at radius 3 is 2.17 bits per heavy atom. The Morgan fingerprint density at radius 2 is 1.70 bits per heavy atom. The maximum Gasteiger partial charge on any atom is 0.328 e. The van der Waals surface area contributed by atoms with Gasteiger partial charge in [0.05, 0.1) is 12.1 Å². The van der Waals surface area contributed by atoms with Crippen LogP contribution in [0.1, 0.15) is 53.9 Å². The van der Waals surface area contributed by atoms with E-state index in [4.69, 9.17) is 5.73 Å². The first-order chi connectivity index (χ1) is 13.9. The molecule has 0 aromatic rings. The average molecular weight is 429 g/mol. The maximum absolute atomic E-state index is 12.9. The molecule has 1 fully saturated rings. The van der Waals surface area contributed by atoms with Gasteiger partial charge in [-0.2, -0.15) is 0 Å². The molecule has 1 aliphatic heterocycles. The van der Waals surface area contributed by atoms with Crippen molar-refractivity contribution >= 4 is 23.7 Å².